The van der Waals surface area contributed by atoms with Gasteiger partial charge in [-0.15, -0.1) is 0 Å². The van der Waals surface area contributed by atoms with Gasteiger partial charge >= 0.3 is 0 Å². The third kappa shape index (κ3) is 5.01. The summed E-state index contributed by atoms with van der Waals surface area (Å²) in [6.45, 7) is 3.88. The van der Waals surface area contributed by atoms with Crippen LogP contribution in [0.4, 0.5) is 0 Å². The summed E-state index contributed by atoms with van der Waals surface area (Å²) >= 11 is 0. The number of hydrogen-bond acceptors (Lipinski definition) is 5. The van der Waals surface area contributed by atoms with Crippen molar-refractivity contribution < 1.29 is 9.53 Å². The number of nitrogens with two attached hydrogens (primary N) is 1. The molecule has 4 rings (SSSR count). The van der Waals surface area contributed by atoms with Crippen LogP contribution >= 0.6 is 0 Å². The van der Waals surface area contributed by atoms with Gasteiger partial charge in [0.05, 0.1) is 17.6 Å². The van der Waals surface area contributed by atoms with Gasteiger partial charge in [0, 0.05) is 32.0 Å². The van der Waals surface area contributed by atoms with Gasteiger partial charge in [0.2, 0.25) is 0 Å². The van der Waals surface area contributed by atoms with E-state index in [1.54, 1.807) is 19.3 Å². The van der Waals surface area contributed by atoms with Crippen molar-refractivity contribution >= 4 is 17.8 Å². The molecule has 2 N–H and O–H groups in total. The minimum Gasteiger partial charge on any atom is -0.457 e. The number of ether oxygens (including phenoxy) is 1. The van der Waals surface area contributed by atoms with Crippen LogP contribution in [0.3, 0.4) is 0 Å². The van der Waals surface area contributed by atoms with Crippen LogP contribution in [-0.2, 0) is 4.79 Å². The number of carbonyl (C=O) groups is 1. The number of rotatable bonds is 5. The molecule has 1 saturated heterocycles. The first-order valence-corrected chi connectivity index (χ1v) is 10.7. The summed E-state index contributed by atoms with van der Waals surface area (Å²) in [5.74, 6) is 7.10. The Morgan fingerprint density at radius 3 is 2.66 bits per heavy atom. The molecule has 6 heteroatoms. The Labute approximate surface area is 188 Å². The van der Waals surface area contributed by atoms with Crippen molar-refractivity contribution in [2.45, 2.75) is 13.3 Å². The third-order valence-corrected chi connectivity index (χ3v) is 5.52. The van der Waals surface area contributed by atoms with E-state index in [0.29, 0.717) is 18.2 Å². The molecule has 1 amide bonds. The summed E-state index contributed by atoms with van der Waals surface area (Å²) in [5.41, 5.74) is 8.93. The average Bonchev–Trinajstić information content (AvgIpc) is 3.29. The second-order valence-electron chi connectivity index (χ2n) is 7.75. The number of aliphatic imine (C=N–C) groups is 1. The van der Waals surface area contributed by atoms with Gasteiger partial charge in [-0.05, 0) is 67.1 Å². The molecule has 0 saturated carbocycles. The first-order valence-electron chi connectivity index (χ1n) is 10.7. The Morgan fingerprint density at radius 1 is 1.16 bits per heavy atom. The number of carbonyl (C=O) groups excluding carboxylic acids is 1. The quantitative estimate of drug-likeness (QED) is 0.738. The molecule has 0 aromatic heterocycles. The number of nitrogens with zero attached hydrogens (tertiary/aromatic N) is 3. The molecule has 0 spiro atoms. The molecule has 2 aliphatic heterocycles. The summed E-state index contributed by atoms with van der Waals surface area (Å²) in [5, 5.41) is 0. The SMILES string of the molecule is CC#CC(=O)N1CC[C@@H](CN2C=CN=C/C2=C(/N)c2ccc(Oc3ccccc3)cc2)C1. The second-order valence-corrected chi connectivity index (χ2v) is 7.75. The molecule has 1 fully saturated rings. The van der Waals surface area contributed by atoms with Crippen molar-refractivity contribution in [2.75, 3.05) is 19.6 Å². The molecule has 2 aromatic rings. The van der Waals surface area contributed by atoms with Crippen LogP contribution in [0.2, 0.25) is 0 Å². The molecule has 2 heterocycles. The van der Waals surface area contributed by atoms with Gasteiger partial charge in [0.1, 0.15) is 11.5 Å². The lowest BCUT2D eigenvalue weighted by molar-refractivity contribution is -0.124. The zero-order valence-corrected chi connectivity index (χ0v) is 18.1. The van der Waals surface area contributed by atoms with Crippen molar-refractivity contribution in [3.8, 4) is 23.3 Å². The Morgan fingerprint density at radius 2 is 1.91 bits per heavy atom. The summed E-state index contributed by atoms with van der Waals surface area (Å²) in [4.78, 5) is 20.3. The molecule has 6 nitrogen and oxygen atoms in total. The lowest BCUT2D eigenvalue weighted by Crippen LogP contribution is -2.32. The maximum absolute atomic E-state index is 12.0. The summed E-state index contributed by atoms with van der Waals surface area (Å²) < 4.78 is 5.87. The molecular weight excluding hydrogens is 400 g/mol. The van der Waals surface area contributed by atoms with Crippen molar-refractivity contribution in [1.29, 1.82) is 0 Å². The van der Waals surface area contributed by atoms with E-state index < -0.39 is 0 Å². The van der Waals surface area contributed by atoms with Crippen LogP contribution in [0, 0.1) is 17.8 Å². The third-order valence-electron chi connectivity index (χ3n) is 5.52. The Kier molecular flexibility index (Phi) is 6.57. The van der Waals surface area contributed by atoms with Gasteiger partial charge in [-0.2, -0.15) is 0 Å². The zero-order chi connectivity index (χ0) is 22.3. The number of allylic oxidation sites excluding steroid dienone is 1. The van der Waals surface area contributed by atoms with E-state index in [9.17, 15) is 4.79 Å². The molecule has 1 atom stereocenters. The smallest absolute Gasteiger partial charge is 0.298 e. The minimum atomic E-state index is -0.0983. The highest BCUT2D eigenvalue weighted by atomic mass is 16.5. The van der Waals surface area contributed by atoms with Crippen molar-refractivity contribution in [3.05, 3.63) is 78.3 Å². The normalized spacial score (nSPS) is 18.8. The number of amides is 1. The van der Waals surface area contributed by atoms with E-state index in [0.717, 1.165) is 42.3 Å². The zero-order valence-electron chi connectivity index (χ0n) is 18.1. The fourth-order valence-electron chi connectivity index (χ4n) is 3.88. The van der Waals surface area contributed by atoms with E-state index in [-0.39, 0.29) is 5.91 Å². The standard InChI is InChI=1S/C26H26N4O2/c1-2-6-25(31)30-15-13-20(19-30)18-29-16-14-28-17-24(29)26(27)21-9-11-23(12-10-21)32-22-7-4-3-5-8-22/h3-5,7-12,14,16-17,20H,13,15,18-19,27H2,1H3/b26-24-/t20-/m0/s1. The first kappa shape index (κ1) is 21.3. The summed E-state index contributed by atoms with van der Waals surface area (Å²) in [6, 6.07) is 17.4. The highest BCUT2D eigenvalue weighted by molar-refractivity contribution is 5.93. The second kappa shape index (κ2) is 9.88. The van der Waals surface area contributed by atoms with Crippen LogP contribution in [0.1, 0.15) is 18.9 Å². The molecule has 0 radical (unpaired) electrons. The molecule has 2 aliphatic rings. The van der Waals surface area contributed by atoms with Crippen LogP contribution in [0.5, 0.6) is 11.5 Å². The molecule has 0 aliphatic carbocycles. The largest absolute Gasteiger partial charge is 0.457 e. The maximum Gasteiger partial charge on any atom is 0.298 e. The van der Waals surface area contributed by atoms with Gasteiger partial charge in [-0.25, -0.2) is 0 Å². The number of benzene rings is 2. The molecule has 0 bridgehead atoms. The van der Waals surface area contributed by atoms with E-state index >= 15 is 0 Å². The van der Waals surface area contributed by atoms with Crippen molar-refractivity contribution in [2.24, 2.45) is 16.6 Å². The Hall–Kier alpha value is -3.98. The van der Waals surface area contributed by atoms with Crippen molar-refractivity contribution in [1.82, 2.24) is 9.80 Å². The lowest BCUT2D eigenvalue weighted by atomic mass is 10.1. The molecular formula is C26H26N4O2. The van der Waals surface area contributed by atoms with Gasteiger partial charge in [0.15, 0.2) is 0 Å². The van der Waals surface area contributed by atoms with E-state index in [1.165, 1.54) is 0 Å². The predicted molar refractivity (Wildman–Crippen MR) is 127 cm³/mol. The van der Waals surface area contributed by atoms with Gasteiger partial charge in [-0.1, -0.05) is 24.1 Å². The Balaban J connectivity index is 1.46. The van der Waals surface area contributed by atoms with Crippen molar-refractivity contribution in [3.63, 3.8) is 0 Å². The van der Waals surface area contributed by atoms with Gasteiger partial charge in [-0.3, -0.25) is 9.79 Å². The average molecular weight is 427 g/mol. The van der Waals surface area contributed by atoms with E-state index in [2.05, 4.69) is 21.7 Å². The highest BCUT2D eigenvalue weighted by Crippen LogP contribution is 2.26. The monoisotopic (exact) mass is 426 g/mol. The maximum atomic E-state index is 12.0. The van der Waals surface area contributed by atoms with Crippen LogP contribution < -0.4 is 10.5 Å². The molecule has 2 aromatic carbocycles. The highest BCUT2D eigenvalue weighted by Gasteiger charge is 2.27. The number of likely N-dealkylation sites (tertiary alicyclic amines) is 1. The molecule has 0 unspecified atom stereocenters. The Bertz CT molecular complexity index is 1110. The summed E-state index contributed by atoms with van der Waals surface area (Å²) in [6.07, 6.45) is 6.42. The summed E-state index contributed by atoms with van der Waals surface area (Å²) in [7, 11) is 0. The van der Waals surface area contributed by atoms with E-state index in [4.69, 9.17) is 10.5 Å². The number of hydrogen-bond donors (Lipinski definition) is 1. The van der Waals surface area contributed by atoms with Crippen LogP contribution in [0.25, 0.3) is 5.70 Å². The first-order chi connectivity index (χ1) is 15.6. The molecule has 32 heavy (non-hydrogen) atoms. The topological polar surface area (TPSA) is 71.2 Å². The fourth-order valence-corrected chi connectivity index (χ4v) is 3.88. The van der Waals surface area contributed by atoms with Crippen LogP contribution in [-0.4, -0.2) is 41.6 Å². The van der Waals surface area contributed by atoms with E-state index in [1.807, 2.05) is 65.7 Å². The van der Waals surface area contributed by atoms with Crippen LogP contribution in [0.15, 0.2) is 77.7 Å². The molecule has 162 valence electrons. The minimum absolute atomic E-state index is 0.0983. The lowest BCUT2D eigenvalue weighted by Gasteiger charge is -2.27. The fraction of sp³-hybridized carbons (Fsp3) is 0.231. The number of para-hydroxylation sites is 1. The van der Waals surface area contributed by atoms with Gasteiger partial charge < -0.3 is 20.3 Å². The predicted octanol–water partition coefficient (Wildman–Crippen LogP) is 3.84. The van der Waals surface area contributed by atoms with Gasteiger partial charge in [0.25, 0.3) is 5.91 Å².